The van der Waals surface area contributed by atoms with E-state index in [1.807, 2.05) is 35.2 Å². The average Bonchev–Trinajstić information content (AvgIpc) is 2.97. The van der Waals surface area contributed by atoms with Gasteiger partial charge in [0.1, 0.15) is 24.0 Å². The lowest BCUT2D eigenvalue weighted by atomic mass is 10.0. The Bertz CT molecular complexity index is 1040. The summed E-state index contributed by atoms with van der Waals surface area (Å²) in [6, 6.07) is 15.3. The highest BCUT2D eigenvalue weighted by atomic mass is 19.1. The van der Waals surface area contributed by atoms with E-state index >= 15 is 0 Å². The Balaban J connectivity index is 1.66. The zero-order valence-corrected chi connectivity index (χ0v) is 17.0. The Kier molecular flexibility index (Phi) is 5.86. The van der Waals surface area contributed by atoms with Crippen molar-refractivity contribution >= 4 is 0 Å². The summed E-state index contributed by atoms with van der Waals surface area (Å²) in [5.41, 5.74) is 3.27. The van der Waals surface area contributed by atoms with Crippen molar-refractivity contribution in [3.8, 4) is 28.4 Å². The monoisotopic (exact) mass is 411 g/mol. The van der Waals surface area contributed by atoms with Crippen LogP contribution >= 0.6 is 0 Å². The van der Waals surface area contributed by atoms with Gasteiger partial charge in [-0.2, -0.15) is 0 Å². The smallest absolute Gasteiger partial charge is 0.165 e. The lowest BCUT2D eigenvalue weighted by molar-refractivity contribution is 0.214. The Morgan fingerprint density at radius 1 is 0.933 bits per heavy atom. The van der Waals surface area contributed by atoms with Crippen molar-refractivity contribution < 1.29 is 23.0 Å². The summed E-state index contributed by atoms with van der Waals surface area (Å²) in [4.78, 5) is 2.04. The molecule has 3 aromatic carbocycles. The number of hydrogen-bond acceptors (Lipinski definition) is 4. The molecule has 0 fully saturated rings. The van der Waals surface area contributed by atoms with E-state index in [1.165, 1.54) is 6.07 Å². The van der Waals surface area contributed by atoms with Gasteiger partial charge in [-0.1, -0.05) is 12.1 Å². The lowest BCUT2D eigenvalue weighted by Crippen LogP contribution is -2.25. The van der Waals surface area contributed by atoms with Gasteiger partial charge in [0.05, 0.1) is 14.2 Å². The minimum absolute atomic E-state index is 0.293. The number of hydrogen-bond donors (Lipinski definition) is 0. The van der Waals surface area contributed by atoms with E-state index in [1.54, 1.807) is 14.2 Å². The predicted octanol–water partition coefficient (Wildman–Crippen LogP) is 5.04. The molecule has 0 unspecified atom stereocenters. The zero-order chi connectivity index (χ0) is 21.1. The zero-order valence-electron chi connectivity index (χ0n) is 17.0. The van der Waals surface area contributed by atoms with E-state index in [4.69, 9.17) is 14.2 Å². The van der Waals surface area contributed by atoms with Crippen LogP contribution in [0.3, 0.4) is 0 Å². The number of benzene rings is 3. The Morgan fingerprint density at radius 2 is 1.73 bits per heavy atom. The molecule has 1 heterocycles. The largest absolute Gasteiger partial charge is 0.497 e. The minimum atomic E-state index is -0.443. The number of halogens is 2. The topological polar surface area (TPSA) is 30.9 Å². The second kappa shape index (κ2) is 8.71. The molecule has 0 saturated heterocycles. The normalized spacial score (nSPS) is 13.9. The van der Waals surface area contributed by atoms with Gasteiger partial charge in [0.15, 0.2) is 11.5 Å². The van der Waals surface area contributed by atoms with E-state index in [0.29, 0.717) is 43.3 Å². The molecule has 0 spiro atoms. The van der Waals surface area contributed by atoms with Gasteiger partial charge in [-0.15, -0.1) is 0 Å². The average molecular weight is 411 g/mol. The Hall–Kier alpha value is -3.12. The van der Waals surface area contributed by atoms with Gasteiger partial charge in [0.25, 0.3) is 0 Å². The van der Waals surface area contributed by atoms with E-state index < -0.39 is 11.6 Å². The van der Waals surface area contributed by atoms with Gasteiger partial charge in [0.2, 0.25) is 0 Å². The first kappa shape index (κ1) is 20.2. The highest BCUT2D eigenvalue weighted by Gasteiger charge is 2.21. The van der Waals surface area contributed by atoms with E-state index in [-0.39, 0.29) is 0 Å². The predicted molar refractivity (Wildman–Crippen MR) is 111 cm³/mol. The van der Waals surface area contributed by atoms with Crippen LogP contribution in [0.4, 0.5) is 8.78 Å². The highest BCUT2D eigenvalue weighted by Crippen LogP contribution is 2.39. The molecule has 0 bridgehead atoms. The van der Waals surface area contributed by atoms with E-state index in [2.05, 4.69) is 6.07 Å². The fraction of sp³-hybridized carbons (Fsp3) is 0.250. The summed E-state index contributed by atoms with van der Waals surface area (Å²) in [5.74, 6) is 1.27. The highest BCUT2D eigenvalue weighted by molar-refractivity contribution is 5.70. The molecule has 0 atom stereocenters. The molecule has 0 radical (unpaired) electrons. The second-order valence-corrected chi connectivity index (χ2v) is 7.19. The fourth-order valence-electron chi connectivity index (χ4n) is 3.68. The maximum Gasteiger partial charge on any atom is 0.165 e. The third kappa shape index (κ3) is 4.24. The van der Waals surface area contributed by atoms with Crippen LogP contribution in [0.2, 0.25) is 0 Å². The SMILES string of the molecule is COc1ccc(-c2cc3c(c(OC)c2)OCCN(Cc2cc(F)ccc2F)C3)cc1. The van der Waals surface area contributed by atoms with Crippen LogP contribution in [-0.2, 0) is 13.1 Å². The van der Waals surface area contributed by atoms with Crippen molar-refractivity contribution in [2.24, 2.45) is 0 Å². The third-order valence-corrected chi connectivity index (χ3v) is 5.22. The van der Waals surface area contributed by atoms with E-state index in [0.717, 1.165) is 34.6 Å². The van der Waals surface area contributed by atoms with Gasteiger partial charge in [0, 0.05) is 30.8 Å². The van der Waals surface area contributed by atoms with Gasteiger partial charge in [-0.25, -0.2) is 8.78 Å². The maximum atomic E-state index is 14.1. The number of fused-ring (bicyclic) bond motifs is 1. The van der Waals surface area contributed by atoms with Crippen molar-refractivity contribution in [1.82, 2.24) is 4.90 Å². The summed E-state index contributed by atoms with van der Waals surface area (Å²) in [7, 11) is 3.25. The number of ether oxygens (including phenoxy) is 3. The summed E-state index contributed by atoms with van der Waals surface area (Å²) < 4.78 is 44.5. The molecule has 4 rings (SSSR count). The van der Waals surface area contributed by atoms with Crippen molar-refractivity contribution in [3.63, 3.8) is 0 Å². The summed E-state index contributed by atoms with van der Waals surface area (Å²) in [5, 5.41) is 0. The molecule has 3 aromatic rings. The Morgan fingerprint density at radius 3 is 2.47 bits per heavy atom. The molecule has 156 valence electrons. The van der Waals surface area contributed by atoms with Crippen molar-refractivity contribution in [2.75, 3.05) is 27.4 Å². The van der Waals surface area contributed by atoms with Gasteiger partial charge < -0.3 is 14.2 Å². The fourth-order valence-corrected chi connectivity index (χ4v) is 3.68. The molecular formula is C24H23F2NO3. The molecule has 4 nitrogen and oxygen atoms in total. The first-order valence-corrected chi connectivity index (χ1v) is 9.72. The Labute approximate surface area is 174 Å². The van der Waals surface area contributed by atoms with Crippen molar-refractivity contribution in [3.05, 3.63) is 77.4 Å². The molecule has 0 saturated carbocycles. The first-order chi connectivity index (χ1) is 14.6. The van der Waals surface area contributed by atoms with Crippen molar-refractivity contribution in [2.45, 2.75) is 13.1 Å². The molecule has 0 amide bonds. The molecule has 0 aromatic heterocycles. The van der Waals surface area contributed by atoms with Crippen LogP contribution in [0.15, 0.2) is 54.6 Å². The number of rotatable bonds is 5. The number of methoxy groups -OCH3 is 2. The van der Waals surface area contributed by atoms with Gasteiger partial charge >= 0.3 is 0 Å². The lowest BCUT2D eigenvalue weighted by Gasteiger charge is -2.20. The van der Waals surface area contributed by atoms with Crippen LogP contribution in [-0.4, -0.2) is 32.3 Å². The van der Waals surface area contributed by atoms with Gasteiger partial charge in [-0.05, 0) is 53.6 Å². The van der Waals surface area contributed by atoms with Crippen molar-refractivity contribution in [1.29, 1.82) is 0 Å². The summed E-state index contributed by atoms with van der Waals surface area (Å²) in [6.45, 7) is 1.85. The molecule has 1 aliphatic rings. The first-order valence-electron chi connectivity index (χ1n) is 9.72. The molecule has 30 heavy (non-hydrogen) atoms. The molecule has 0 aliphatic carbocycles. The van der Waals surface area contributed by atoms with Gasteiger partial charge in [-0.3, -0.25) is 4.90 Å². The van der Waals surface area contributed by atoms with Crippen LogP contribution in [0, 0.1) is 11.6 Å². The standard InChI is InChI=1S/C24H23F2NO3/c1-28-21-6-3-16(4-7-21)17-11-19-15-27(9-10-30-24(19)23(13-17)29-2)14-18-12-20(25)5-8-22(18)26/h3-8,11-13H,9-10,14-15H2,1-2H3. The minimum Gasteiger partial charge on any atom is -0.497 e. The second-order valence-electron chi connectivity index (χ2n) is 7.19. The molecule has 6 heteroatoms. The quantitative estimate of drug-likeness (QED) is 0.588. The molecular weight excluding hydrogens is 388 g/mol. The van der Waals surface area contributed by atoms with Crippen LogP contribution in [0.25, 0.3) is 11.1 Å². The van der Waals surface area contributed by atoms with E-state index in [9.17, 15) is 8.78 Å². The van der Waals surface area contributed by atoms with Crippen LogP contribution in [0.5, 0.6) is 17.2 Å². The number of nitrogens with zero attached hydrogens (tertiary/aromatic N) is 1. The molecule has 1 aliphatic heterocycles. The summed E-state index contributed by atoms with van der Waals surface area (Å²) in [6.07, 6.45) is 0. The maximum absolute atomic E-state index is 14.1. The van der Waals surface area contributed by atoms with Crippen LogP contribution < -0.4 is 14.2 Å². The molecule has 0 N–H and O–H groups in total. The van der Waals surface area contributed by atoms with Crippen LogP contribution in [0.1, 0.15) is 11.1 Å². The summed E-state index contributed by atoms with van der Waals surface area (Å²) >= 11 is 0. The third-order valence-electron chi connectivity index (χ3n) is 5.22.